The molecule has 6 nitrogen and oxygen atoms in total. The monoisotopic (exact) mass is 429 g/mol. The molecule has 1 N–H and O–H groups in total. The lowest BCUT2D eigenvalue weighted by Crippen LogP contribution is -2.49. The summed E-state index contributed by atoms with van der Waals surface area (Å²) in [5.74, 6) is 1.25. The van der Waals surface area contributed by atoms with E-state index in [2.05, 4.69) is 39.5 Å². The first-order chi connectivity index (χ1) is 15.3. The molecule has 3 heterocycles. The van der Waals surface area contributed by atoms with Gasteiger partial charge in [-0.2, -0.15) is 0 Å². The third kappa shape index (κ3) is 4.27. The van der Waals surface area contributed by atoms with Gasteiger partial charge >= 0.3 is 0 Å². The van der Waals surface area contributed by atoms with E-state index in [9.17, 15) is 4.79 Å². The Bertz CT molecular complexity index is 1110. The molecule has 2 aliphatic heterocycles. The van der Waals surface area contributed by atoms with Crippen LogP contribution in [0.5, 0.6) is 0 Å². The fourth-order valence-corrected chi connectivity index (χ4v) is 4.78. The van der Waals surface area contributed by atoms with E-state index in [0.717, 1.165) is 54.0 Å². The predicted octanol–water partition coefficient (Wildman–Crippen LogP) is 4.30. The highest BCUT2D eigenvalue weighted by Crippen LogP contribution is 2.35. The molecule has 0 atom stereocenters. The minimum absolute atomic E-state index is 0.154. The number of piperazine rings is 1. The van der Waals surface area contributed by atoms with E-state index in [1.807, 2.05) is 47.4 Å². The van der Waals surface area contributed by atoms with Crippen molar-refractivity contribution in [2.75, 3.05) is 42.1 Å². The molecule has 5 rings (SSSR count). The van der Waals surface area contributed by atoms with Crippen LogP contribution in [-0.4, -0.2) is 52.8 Å². The van der Waals surface area contributed by atoms with Crippen molar-refractivity contribution >= 4 is 45.6 Å². The largest absolute Gasteiger partial charge is 0.368 e. The van der Waals surface area contributed by atoms with Gasteiger partial charge in [0.2, 0.25) is 5.91 Å². The topological polar surface area (TPSA) is 60.8 Å². The Balaban J connectivity index is 1.26. The minimum atomic E-state index is 0.154. The van der Waals surface area contributed by atoms with Crippen molar-refractivity contribution < 1.29 is 4.79 Å². The molecule has 3 aromatic rings. The van der Waals surface area contributed by atoms with Gasteiger partial charge < -0.3 is 15.1 Å². The molecule has 7 heteroatoms. The van der Waals surface area contributed by atoms with Gasteiger partial charge in [-0.3, -0.25) is 4.79 Å². The molecular formula is C24H23N5OS. The number of fused-ring (bicyclic) bond motifs is 2. The summed E-state index contributed by atoms with van der Waals surface area (Å²) >= 11 is 1.49. The predicted molar refractivity (Wildman–Crippen MR) is 128 cm³/mol. The van der Waals surface area contributed by atoms with E-state index >= 15 is 0 Å². The number of para-hydroxylation sites is 2. The number of pyridine rings is 1. The fourth-order valence-electron chi connectivity index (χ4n) is 3.84. The number of benzene rings is 2. The van der Waals surface area contributed by atoms with Crippen LogP contribution >= 0.6 is 11.8 Å². The van der Waals surface area contributed by atoms with Gasteiger partial charge in [0, 0.05) is 49.3 Å². The number of carbonyl (C=O) groups is 1. The van der Waals surface area contributed by atoms with Crippen LogP contribution in [0.25, 0.3) is 0 Å². The zero-order valence-corrected chi connectivity index (χ0v) is 17.9. The highest BCUT2D eigenvalue weighted by Gasteiger charge is 2.23. The fraction of sp³-hybridized carbons (Fsp3) is 0.208. The Kier molecular flexibility index (Phi) is 5.58. The third-order valence-corrected chi connectivity index (χ3v) is 6.48. The lowest BCUT2D eigenvalue weighted by atomic mass is 10.2. The Labute approximate surface area is 186 Å². The normalized spacial score (nSPS) is 15.3. The summed E-state index contributed by atoms with van der Waals surface area (Å²) in [5.41, 5.74) is 3.95. The summed E-state index contributed by atoms with van der Waals surface area (Å²) in [4.78, 5) is 26.5. The number of aromatic nitrogens is 1. The maximum atomic E-state index is 12.9. The average molecular weight is 430 g/mol. The number of hydrogen-bond donors (Lipinski definition) is 1. The number of nitrogens with zero attached hydrogens (tertiary/aromatic N) is 4. The van der Waals surface area contributed by atoms with Crippen LogP contribution in [-0.2, 0) is 4.79 Å². The van der Waals surface area contributed by atoms with Crippen LogP contribution in [0.4, 0.5) is 22.9 Å². The van der Waals surface area contributed by atoms with Crippen LogP contribution in [0.3, 0.4) is 0 Å². The number of thioether (sulfide) groups is 1. The summed E-state index contributed by atoms with van der Waals surface area (Å²) in [5, 5.41) is 4.20. The molecule has 0 unspecified atom stereocenters. The van der Waals surface area contributed by atoms with E-state index < -0.39 is 0 Å². The van der Waals surface area contributed by atoms with Crippen LogP contribution in [0.1, 0.15) is 5.56 Å². The number of hydrogen-bond acceptors (Lipinski definition) is 6. The summed E-state index contributed by atoms with van der Waals surface area (Å²) in [7, 11) is 0. The van der Waals surface area contributed by atoms with Crippen LogP contribution in [0.15, 0.2) is 77.9 Å². The molecule has 31 heavy (non-hydrogen) atoms. The second-order valence-corrected chi connectivity index (χ2v) is 8.41. The molecule has 0 spiro atoms. The van der Waals surface area contributed by atoms with Crippen molar-refractivity contribution in [3.8, 4) is 0 Å². The minimum Gasteiger partial charge on any atom is -0.368 e. The molecule has 156 valence electrons. The number of amides is 1. The van der Waals surface area contributed by atoms with Crippen LogP contribution in [0.2, 0.25) is 0 Å². The molecule has 1 fully saturated rings. The van der Waals surface area contributed by atoms with Crippen molar-refractivity contribution in [1.82, 2.24) is 9.88 Å². The van der Waals surface area contributed by atoms with Gasteiger partial charge in [0.1, 0.15) is 10.7 Å². The number of nitrogens with one attached hydrogen (secondary N) is 1. The average Bonchev–Trinajstić information content (AvgIpc) is 2.99. The van der Waals surface area contributed by atoms with Crippen molar-refractivity contribution in [3.05, 3.63) is 78.5 Å². The Morgan fingerprint density at radius 3 is 2.55 bits per heavy atom. The van der Waals surface area contributed by atoms with Gasteiger partial charge in [-0.1, -0.05) is 48.2 Å². The lowest BCUT2D eigenvalue weighted by molar-refractivity contribution is -0.128. The zero-order chi connectivity index (χ0) is 21.0. The number of aliphatic imine (C=N–C) groups is 1. The van der Waals surface area contributed by atoms with Crippen molar-refractivity contribution in [2.24, 2.45) is 4.99 Å². The SMILES string of the molecule is O=C(CSC1=Nc2cccnc2Nc2ccccc21)N1CCN(c2ccccc2)CC1. The second-order valence-electron chi connectivity index (χ2n) is 7.45. The van der Waals surface area contributed by atoms with E-state index in [4.69, 9.17) is 4.99 Å². The highest BCUT2D eigenvalue weighted by atomic mass is 32.2. The summed E-state index contributed by atoms with van der Waals surface area (Å²) in [6, 6.07) is 22.2. The number of carbonyl (C=O) groups excluding carboxylic acids is 1. The molecule has 0 bridgehead atoms. The summed E-state index contributed by atoms with van der Waals surface area (Å²) < 4.78 is 0. The van der Waals surface area contributed by atoms with Gasteiger partial charge in [-0.05, 0) is 30.3 Å². The lowest BCUT2D eigenvalue weighted by Gasteiger charge is -2.36. The molecule has 0 aliphatic carbocycles. The van der Waals surface area contributed by atoms with Gasteiger partial charge in [0.15, 0.2) is 5.82 Å². The number of rotatable bonds is 3. The second kappa shape index (κ2) is 8.81. The molecular weight excluding hydrogens is 406 g/mol. The van der Waals surface area contributed by atoms with Crippen LogP contribution in [0, 0.1) is 0 Å². The zero-order valence-electron chi connectivity index (χ0n) is 17.1. The van der Waals surface area contributed by atoms with Gasteiger partial charge in [-0.25, -0.2) is 9.98 Å². The Morgan fingerprint density at radius 1 is 0.935 bits per heavy atom. The maximum absolute atomic E-state index is 12.9. The van der Waals surface area contributed by atoms with E-state index in [0.29, 0.717) is 5.75 Å². The summed E-state index contributed by atoms with van der Waals surface area (Å²) in [6.07, 6.45) is 1.75. The molecule has 1 amide bonds. The third-order valence-electron chi connectivity index (χ3n) is 5.51. The molecule has 2 aliphatic rings. The molecule has 0 saturated carbocycles. The summed E-state index contributed by atoms with van der Waals surface area (Å²) in [6.45, 7) is 3.19. The van der Waals surface area contributed by atoms with E-state index in [-0.39, 0.29) is 5.91 Å². The van der Waals surface area contributed by atoms with Gasteiger partial charge in [0.25, 0.3) is 0 Å². The molecule has 2 aromatic carbocycles. The van der Waals surface area contributed by atoms with Crippen LogP contribution < -0.4 is 10.2 Å². The quantitative estimate of drug-likeness (QED) is 0.673. The smallest absolute Gasteiger partial charge is 0.233 e. The highest BCUT2D eigenvalue weighted by molar-refractivity contribution is 8.15. The van der Waals surface area contributed by atoms with Crippen molar-refractivity contribution in [3.63, 3.8) is 0 Å². The van der Waals surface area contributed by atoms with Gasteiger partial charge in [-0.15, -0.1) is 0 Å². The molecule has 1 aromatic heterocycles. The Hall–Kier alpha value is -3.32. The molecule has 1 saturated heterocycles. The first kappa shape index (κ1) is 19.6. The van der Waals surface area contributed by atoms with E-state index in [1.54, 1.807) is 6.20 Å². The number of anilines is 3. The Morgan fingerprint density at radius 2 is 1.71 bits per heavy atom. The van der Waals surface area contributed by atoms with Crippen molar-refractivity contribution in [2.45, 2.75) is 0 Å². The maximum Gasteiger partial charge on any atom is 0.233 e. The first-order valence-corrected chi connectivity index (χ1v) is 11.4. The van der Waals surface area contributed by atoms with E-state index in [1.165, 1.54) is 17.4 Å². The standard InChI is InChI=1S/C24H23N5OS/c30-22(29-15-13-28(14-16-29)18-7-2-1-3-8-18)17-31-24-19-9-4-5-10-20(19)26-23-21(27-24)11-6-12-25-23/h1-12H,13-17H2,(H,25,26). The first-order valence-electron chi connectivity index (χ1n) is 10.4. The molecule has 0 radical (unpaired) electrons. The van der Waals surface area contributed by atoms with Crippen molar-refractivity contribution in [1.29, 1.82) is 0 Å². The van der Waals surface area contributed by atoms with Gasteiger partial charge in [0.05, 0.1) is 5.75 Å².